The van der Waals surface area contributed by atoms with Crippen LogP contribution in [0.1, 0.15) is 0 Å². The summed E-state index contributed by atoms with van der Waals surface area (Å²) >= 11 is 0. The number of H-pyrrole nitrogens is 1. The molecule has 0 saturated heterocycles. The van der Waals surface area contributed by atoms with E-state index in [0.717, 1.165) is 11.2 Å². The van der Waals surface area contributed by atoms with E-state index in [4.69, 9.17) is 24.4 Å². The molecule has 0 bridgehead atoms. The van der Waals surface area contributed by atoms with Crippen molar-refractivity contribution in [2.75, 3.05) is 5.73 Å². The molecule has 2 aromatic rings. The van der Waals surface area contributed by atoms with E-state index >= 15 is 0 Å². The summed E-state index contributed by atoms with van der Waals surface area (Å²) in [7, 11) is -4.94. The Hall–Kier alpha value is -1.44. The molecule has 2 rings (SSSR count). The Kier molecular flexibility index (Phi) is 3.99. The molecule has 1 aromatic carbocycles. The molecule has 86 valence electrons. The summed E-state index contributed by atoms with van der Waals surface area (Å²) in [5.74, 6) is 0.725. The van der Waals surface area contributed by atoms with Gasteiger partial charge in [0.2, 0.25) is 0 Å². The number of aromatic nitrogens is 1. The van der Waals surface area contributed by atoms with Gasteiger partial charge in [0.25, 0.3) is 5.82 Å². The summed E-state index contributed by atoms with van der Waals surface area (Å²) in [6.07, 6.45) is 1.84. The van der Waals surface area contributed by atoms with E-state index in [1.165, 1.54) is 5.39 Å². The molecule has 0 spiro atoms. The number of rotatable bonds is 0. The third kappa shape index (κ3) is 4.39. The lowest BCUT2D eigenvalue weighted by molar-refractivity contribution is -2.00. The number of fused-ring (bicyclic) bond motifs is 1. The van der Waals surface area contributed by atoms with Crippen molar-refractivity contribution in [3.8, 4) is 0 Å². The summed E-state index contributed by atoms with van der Waals surface area (Å²) in [6, 6.07) is 10.0. The third-order valence-electron chi connectivity index (χ3n) is 1.75. The maximum absolute atomic E-state index is 8.49. The summed E-state index contributed by atoms with van der Waals surface area (Å²) in [4.78, 5) is 2.95. The second kappa shape index (κ2) is 5.06. The normalized spacial score (nSPS) is 10.8. The van der Waals surface area contributed by atoms with Gasteiger partial charge in [0, 0.05) is 0 Å². The molecule has 6 nitrogen and oxygen atoms in total. The first-order valence-corrected chi connectivity index (χ1v) is 5.38. The fraction of sp³-hybridized carbons (Fsp3) is 0. The molecule has 7 heteroatoms. The van der Waals surface area contributed by atoms with Crippen LogP contribution in [-0.4, -0.2) is 0 Å². The lowest BCUT2D eigenvalue weighted by atomic mass is 10.2. The smallest absolute Gasteiger partial charge is 0.278 e. The highest BCUT2D eigenvalue weighted by atomic mass is 35.7. The largest absolute Gasteiger partial charge is 0.287 e. The molecule has 0 aliphatic heterocycles. The zero-order chi connectivity index (χ0) is 12.2. The third-order valence-corrected chi connectivity index (χ3v) is 1.75. The van der Waals surface area contributed by atoms with E-state index in [9.17, 15) is 0 Å². The molecule has 0 saturated carbocycles. The Morgan fingerprint density at radius 1 is 1.00 bits per heavy atom. The average molecular weight is 245 g/mol. The molecule has 1 heterocycles. The Morgan fingerprint density at radius 2 is 1.56 bits per heavy atom. The van der Waals surface area contributed by atoms with Gasteiger partial charge >= 0.3 is 0 Å². The SMILES string of the molecule is Nc1[nH+]ccc2ccccc12.[O-][Cl+3]([O-])([O-])[O-]. The van der Waals surface area contributed by atoms with Crippen LogP contribution in [0.2, 0.25) is 0 Å². The van der Waals surface area contributed by atoms with E-state index in [2.05, 4.69) is 4.98 Å². The van der Waals surface area contributed by atoms with E-state index in [1.807, 2.05) is 36.5 Å². The van der Waals surface area contributed by atoms with Gasteiger partial charge < -0.3 is 0 Å². The Labute approximate surface area is 93.3 Å². The quantitative estimate of drug-likeness (QED) is 0.513. The zero-order valence-corrected chi connectivity index (χ0v) is 8.81. The number of nitrogens with one attached hydrogen (secondary N) is 1. The van der Waals surface area contributed by atoms with Crippen LogP contribution in [-0.2, 0) is 0 Å². The molecular weight excluding hydrogens is 236 g/mol. The second-order valence-electron chi connectivity index (χ2n) is 2.86. The van der Waals surface area contributed by atoms with Crippen LogP contribution >= 0.6 is 0 Å². The number of benzene rings is 1. The number of halogens is 1. The fourth-order valence-electron chi connectivity index (χ4n) is 1.19. The van der Waals surface area contributed by atoms with Gasteiger partial charge in [0.1, 0.15) is 0 Å². The Morgan fingerprint density at radius 3 is 2.12 bits per heavy atom. The Bertz CT molecular complexity index is 461. The minimum atomic E-state index is -4.94. The topological polar surface area (TPSA) is 132 Å². The molecule has 0 aliphatic carbocycles. The number of aromatic amines is 1. The van der Waals surface area contributed by atoms with Gasteiger partial charge in [-0.3, -0.25) is 5.73 Å². The van der Waals surface area contributed by atoms with Crippen LogP contribution < -0.4 is 29.4 Å². The van der Waals surface area contributed by atoms with Gasteiger partial charge in [-0.05, 0) is 17.5 Å². The molecule has 16 heavy (non-hydrogen) atoms. The minimum absolute atomic E-state index is 0.725. The number of hydrogen-bond donors (Lipinski definition) is 1. The van der Waals surface area contributed by atoms with E-state index in [-0.39, 0.29) is 0 Å². The summed E-state index contributed by atoms with van der Waals surface area (Å²) in [5.41, 5.74) is 5.70. The van der Waals surface area contributed by atoms with Gasteiger partial charge in [-0.1, -0.05) is 18.2 Å². The van der Waals surface area contributed by atoms with Crippen LogP contribution in [0.3, 0.4) is 0 Å². The van der Waals surface area contributed by atoms with Gasteiger partial charge in [-0.2, -0.15) is 0 Å². The zero-order valence-electron chi connectivity index (χ0n) is 8.05. The lowest BCUT2D eigenvalue weighted by Crippen LogP contribution is -2.68. The van der Waals surface area contributed by atoms with E-state index in [1.54, 1.807) is 0 Å². The van der Waals surface area contributed by atoms with Crippen molar-refractivity contribution < 1.29 is 33.9 Å². The summed E-state index contributed by atoms with van der Waals surface area (Å²) in [6.45, 7) is 0. The highest BCUT2D eigenvalue weighted by Gasteiger charge is 1.99. The van der Waals surface area contributed by atoms with Crippen molar-refractivity contribution in [1.82, 2.24) is 0 Å². The van der Waals surface area contributed by atoms with E-state index < -0.39 is 10.2 Å². The van der Waals surface area contributed by atoms with Crippen LogP contribution in [0.5, 0.6) is 0 Å². The van der Waals surface area contributed by atoms with Crippen LogP contribution in [0.15, 0.2) is 36.5 Å². The van der Waals surface area contributed by atoms with Crippen LogP contribution in [0.25, 0.3) is 10.8 Å². The standard InChI is InChI=1S/C9H8N2.ClHO4/c10-9-8-4-2-1-3-7(8)5-6-11-9;2-1(3,4)5/h1-6H,(H2,10,11);(H,2,3,4,5). The molecule has 0 amide bonds. The highest BCUT2D eigenvalue weighted by Crippen LogP contribution is 2.14. The summed E-state index contributed by atoms with van der Waals surface area (Å²) in [5, 5.41) is 2.25. The molecule has 3 N–H and O–H groups in total. The lowest BCUT2D eigenvalue weighted by Gasteiger charge is -2.17. The molecule has 0 unspecified atom stereocenters. The molecule has 0 fully saturated rings. The van der Waals surface area contributed by atoms with Crippen molar-refractivity contribution >= 4 is 16.6 Å². The van der Waals surface area contributed by atoms with Crippen LogP contribution in [0.4, 0.5) is 5.82 Å². The van der Waals surface area contributed by atoms with Crippen molar-refractivity contribution in [3.05, 3.63) is 36.5 Å². The predicted molar refractivity (Wildman–Crippen MR) is 44.9 cm³/mol. The summed E-state index contributed by atoms with van der Waals surface area (Å²) < 4.78 is 34.0. The molecular formula is C9H9ClN2O4. The number of hydrogen-bond acceptors (Lipinski definition) is 5. The maximum Gasteiger partial charge on any atom is 0.278 e. The minimum Gasteiger partial charge on any atom is -0.287 e. The first-order valence-electron chi connectivity index (χ1n) is 4.14. The van der Waals surface area contributed by atoms with Crippen LogP contribution in [0, 0.1) is 10.2 Å². The van der Waals surface area contributed by atoms with Gasteiger partial charge in [-0.15, -0.1) is 10.2 Å². The average Bonchev–Trinajstić information content (AvgIpc) is 2.16. The number of anilines is 1. The molecule has 0 radical (unpaired) electrons. The number of nitrogen functional groups attached to an aromatic ring is 1. The van der Waals surface area contributed by atoms with E-state index in [0.29, 0.717) is 0 Å². The maximum atomic E-state index is 8.49. The molecule has 0 atom stereocenters. The van der Waals surface area contributed by atoms with Gasteiger partial charge in [-0.25, -0.2) is 23.6 Å². The monoisotopic (exact) mass is 244 g/mol. The number of pyridine rings is 1. The second-order valence-corrected chi connectivity index (χ2v) is 3.61. The van der Waals surface area contributed by atoms with Crippen molar-refractivity contribution in [2.45, 2.75) is 0 Å². The van der Waals surface area contributed by atoms with Crippen molar-refractivity contribution in [3.63, 3.8) is 0 Å². The first-order chi connectivity index (χ1) is 7.38. The van der Waals surface area contributed by atoms with Gasteiger partial charge in [0.15, 0.2) is 0 Å². The predicted octanol–water partition coefficient (Wildman–Crippen LogP) is -3.52. The van der Waals surface area contributed by atoms with Crippen molar-refractivity contribution in [2.24, 2.45) is 0 Å². The first kappa shape index (κ1) is 12.6. The van der Waals surface area contributed by atoms with Crippen molar-refractivity contribution in [1.29, 1.82) is 0 Å². The van der Waals surface area contributed by atoms with Gasteiger partial charge in [0.05, 0.1) is 11.6 Å². The molecule has 0 aliphatic rings. The highest BCUT2D eigenvalue weighted by molar-refractivity contribution is 5.88. The Balaban J connectivity index is 0.000000221. The molecule has 1 aromatic heterocycles. The fourth-order valence-corrected chi connectivity index (χ4v) is 1.19. The number of nitrogens with two attached hydrogens (primary N) is 1.